The second-order valence-corrected chi connectivity index (χ2v) is 5.51. The van der Waals surface area contributed by atoms with Gasteiger partial charge in [0.25, 0.3) is 0 Å². The first kappa shape index (κ1) is 14.3. The summed E-state index contributed by atoms with van der Waals surface area (Å²) in [5.41, 5.74) is 3.64. The summed E-state index contributed by atoms with van der Waals surface area (Å²) in [6, 6.07) is 17.1. The van der Waals surface area contributed by atoms with Crippen molar-refractivity contribution in [3.63, 3.8) is 0 Å². The van der Waals surface area contributed by atoms with Crippen LogP contribution in [-0.2, 0) is 4.79 Å². The molecule has 0 unspecified atom stereocenters. The highest BCUT2D eigenvalue weighted by Crippen LogP contribution is 2.29. The maximum absolute atomic E-state index is 13.0. The van der Waals surface area contributed by atoms with E-state index in [9.17, 15) is 4.79 Å². The van der Waals surface area contributed by atoms with Crippen LogP contribution in [-0.4, -0.2) is 16.6 Å². The van der Waals surface area contributed by atoms with Crippen LogP contribution in [0.5, 0.6) is 0 Å². The number of aryl methyl sites for hydroxylation is 1. The first-order chi connectivity index (χ1) is 11.7. The van der Waals surface area contributed by atoms with Crippen LogP contribution in [0.25, 0.3) is 0 Å². The smallest absolute Gasteiger partial charge is 0.261 e. The van der Waals surface area contributed by atoms with Gasteiger partial charge in [-0.1, -0.05) is 34.0 Å². The van der Waals surface area contributed by atoms with Gasteiger partial charge in [-0.25, -0.2) is 4.99 Å². The average molecular weight is 315 g/mol. The molecule has 1 aromatic carbocycles. The van der Waals surface area contributed by atoms with Crippen LogP contribution < -0.4 is 9.69 Å². The molecule has 1 aliphatic rings. The van der Waals surface area contributed by atoms with Gasteiger partial charge in [-0.15, -0.1) is 0 Å². The van der Waals surface area contributed by atoms with Gasteiger partial charge in [-0.3, -0.25) is 9.78 Å². The Morgan fingerprint density at radius 1 is 1.00 bits per heavy atom. The molecule has 3 heterocycles. The van der Waals surface area contributed by atoms with Crippen LogP contribution in [0.3, 0.4) is 0 Å². The largest absolute Gasteiger partial charge is 0.333 e. The number of pyridine rings is 2. The molecule has 0 radical (unpaired) electrons. The molecule has 116 valence electrons. The van der Waals surface area contributed by atoms with E-state index in [1.165, 1.54) is 0 Å². The van der Waals surface area contributed by atoms with Crippen LogP contribution in [0.4, 0.5) is 11.4 Å². The Balaban J connectivity index is 1.85. The molecule has 4 rings (SSSR count). The number of hydrogen-bond donors (Lipinski definition) is 0. The number of carbonyl (C=O) groups is 1. The molecular formula is C19H15N4O+. The lowest BCUT2D eigenvalue weighted by atomic mass is 10.1. The van der Waals surface area contributed by atoms with E-state index < -0.39 is 0 Å². The quantitative estimate of drug-likeness (QED) is 0.683. The summed E-state index contributed by atoms with van der Waals surface area (Å²) in [7, 11) is 0. The number of aromatic nitrogens is 2. The molecule has 1 aliphatic heterocycles. The molecule has 5 nitrogen and oxygen atoms in total. The third-order valence-corrected chi connectivity index (χ3v) is 3.85. The molecule has 3 aromatic rings. The number of benzene rings is 1. The number of hydrogen-bond acceptors (Lipinski definition) is 3. The molecule has 1 amide bonds. The molecule has 0 fully saturated rings. The van der Waals surface area contributed by atoms with Crippen LogP contribution in [0.1, 0.15) is 11.3 Å². The number of para-hydroxylation sites is 1. The van der Waals surface area contributed by atoms with Crippen molar-refractivity contribution < 1.29 is 9.47 Å². The highest BCUT2D eigenvalue weighted by Gasteiger charge is 2.40. The average Bonchev–Trinajstić information content (AvgIpc) is 2.90. The highest BCUT2D eigenvalue weighted by atomic mass is 16.2. The maximum Gasteiger partial charge on any atom is 0.333 e. The van der Waals surface area contributed by atoms with E-state index in [0.717, 1.165) is 16.9 Å². The summed E-state index contributed by atoms with van der Waals surface area (Å²) < 4.78 is 1.76. The Bertz CT molecular complexity index is 933. The third kappa shape index (κ3) is 2.36. The lowest BCUT2D eigenvalue weighted by Crippen LogP contribution is -2.56. The number of fused-ring (bicyclic) bond motifs is 1. The minimum Gasteiger partial charge on any atom is -0.261 e. The Labute approximate surface area is 139 Å². The second kappa shape index (κ2) is 5.70. The van der Waals surface area contributed by atoms with Gasteiger partial charge in [0.15, 0.2) is 0 Å². The molecule has 0 spiro atoms. The zero-order valence-electron chi connectivity index (χ0n) is 13.1. The van der Waals surface area contributed by atoms with Crippen LogP contribution >= 0.6 is 0 Å². The summed E-state index contributed by atoms with van der Waals surface area (Å²) >= 11 is 0. The van der Waals surface area contributed by atoms with Crippen molar-refractivity contribution in [2.75, 3.05) is 5.01 Å². The molecule has 0 N–H and O–H groups in total. The number of carbonyl (C=O) groups excluding carboxylic acids is 1. The Hall–Kier alpha value is -3.34. The van der Waals surface area contributed by atoms with Crippen molar-refractivity contribution in [1.29, 1.82) is 0 Å². The van der Waals surface area contributed by atoms with Crippen molar-refractivity contribution in [1.82, 2.24) is 4.98 Å². The van der Waals surface area contributed by atoms with E-state index in [2.05, 4.69) is 9.98 Å². The molecule has 2 aromatic heterocycles. The Morgan fingerprint density at radius 2 is 1.79 bits per heavy atom. The Kier molecular flexibility index (Phi) is 3.39. The van der Waals surface area contributed by atoms with Crippen LogP contribution in [0.2, 0.25) is 0 Å². The van der Waals surface area contributed by atoms with Crippen molar-refractivity contribution in [2.24, 2.45) is 4.99 Å². The number of anilines is 1. The zero-order valence-corrected chi connectivity index (χ0v) is 13.1. The molecular weight excluding hydrogens is 300 g/mol. The lowest BCUT2D eigenvalue weighted by Gasteiger charge is -2.08. The predicted molar refractivity (Wildman–Crippen MR) is 91.1 cm³/mol. The SMILES string of the molecule is Cc1ccc(N=C2C(=O)N([n+]3ccccc3)c3ccccc32)cn1. The summed E-state index contributed by atoms with van der Waals surface area (Å²) in [5.74, 6) is -0.159. The van der Waals surface area contributed by atoms with Crippen LogP contribution in [0.15, 0.2) is 78.2 Å². The third-order valence-electron chi connectivity index (χ3n) is 3.85. The first-order valence-corrected chi connectivity index (χ1v) is 7.66. The van der Waals surface area contributed by atoms with Gasteiger partial charge >= 0.3 is 5.91 Å². The standard InChI is InChI=1S/C19H15N4O/c1-14-9-10-15(13-20-14)21-18-16-7-3-4-8-17(16)23(19(18)24)22-11-5-2-6-12-22/h2-13H,1H3/q+1. The van der Waals surface area contributed by atoms with Gasteiger partial charge in [0, 0.05) is 23.4 Å². The molecule has 0 atom stereocenters. The molecule has 0 saturated carbocycles. The van der Waals surface area contributed by atoms with E-state index in [4.69, 9.17) is 0 Å². The monoisotopic (exact) mass is 315 g/mol. The molecule has 0 bridgehead atoms. The number of nitrogens with zero attached hydrogens (tertiary/aromatic N) is 4. The van der Waals surface area contributed by atoms with Gasteiger partial charge in [0.1, 0.15) is 11.4 Å². The fourth-order valence-electron chi connectivity index (χ4n) is 2.70. The topological polar surface area (TPSA) is 49.4 Å². The molecule has 0 aliphatic carbocycles. The van der Waals surface area contributed by atoms with E-state index in [-0.39, 0.29) is 5.91 Å². The molecule has 0 saturated heterocycles. The van der Waals surface area contributed by atoms with Gasteiger partial charge in [0.05, 0.1) is 11.9 Å². The number of aliphatic imine (C=N–C) groups is 1. The van der Waals surface area contributed by atoms with Gasteiger partial charge in [0.2, 0.25) is 12.4 Å². The molecule has 5 heteroatoms. The fourth-order valence-corrected chi connectivity index (χ4v) is 2.70. The normalized spacial score (nSPS) is 15.0. The highest BCUT2D eigenvalue weighted by molar-refractivity contribution is 6.54. The van der Waals surface area contributed by atoms with E-state index in [1.807, 2.05) is 73.9 Å². The minimum absolute atomic E-state index is 0.159. The van der Waals surface area contributed by atoms with E-state index in [1.54, 1.807) is 15.9 Å². The summed E-state index contributed by atoms with van der Waals surface area (Å²) in [4.78, 5) is 21.8. The van der Waals surface area contributed by atoms with Crippen LogP contribution in [0, 0.1) is 6.92 Å². The van der Waals surface area contributed by atoms with Gasteiger partial charge in [-0.05, 0) is 25.1 Å². The minimum atomic E-state index is -0.159. The molecule has 24 heavy (non-hydrogen) atoms. The maximum atomic E-state index is 13.0. The summed E-state index contributed by atoms with van der Waals surface area (Å²) in [5, 5.41) is 1.62. The summed E-state index contributed by atoms with van der Waals surface area (Å²) in [6.45, 7) is 1.92. The van der Waals surface area contributed by atoms with Crippen molar-refractivity contribution >= 4 is 23.0 Å². The van der Waals surface area contributed by atoms with Crippen molar-refractivity contribution in [2.45, 2.75) is 6.92 Å². The predicted octanol–water partition coefficient (Wildman–Crippen LogP) is 2.61. The number of rotatable bonds is 2. The fraction of sp³-hybridized carbons (Fsp3) is 0.0526. The lowest BCUT2D eigenvalue weighted by molar-refractivity contribution is -0.673. The van der Waals surface area contributed by atoms with Crippen molar-refractivity contribution in [3.05, 3.63) is 84.4 Å². The van der Waals surface area contributed by atoms with Gasteiger partial charge in [-0.2, -0.15) is 0 Å². The van der Waals surface area contributed by atoms with E-state index in [0.29, 0.717) is 11.4 Å². The first-order valence-electron chi connectivity index (χ1n) is 7.66. The second-order valence-electron chi connectivity index (χ2n) is 5.51. The number of amides is 1. The van der Waals surface area contributed by atoms with Crippen molar-refractivity contribution in [3.8, 4) is 0 Å². The van der Waals surface area contributed by atoms with Gasteiger partial charge < -0.3 is 0 Å². The zero-order chi connectivity index (χ0) is 16.5. The Morgan fingerprint density at radius 3 is 2.54 bits per heavy atom. The summed E-state index contributed by atoms with van der Waals surface area (Å²) in [6.07, 6.45) is 5.35. The van der Waals surface area contributed by atoms with E-state index >= 15 is 0 Å².